The fourth-order valence-electron chi connectivity index (χ4n) is 1.05. The van der Waals surface area contributed by atoms with Crippen LogP contribution in [0.4, 0.5) is 0 Å². The van der Waals surface area contributed by atoms with E-state index in [1.165, 1.54) is 0 Å². The van der Waals surface area contributed by atoms with Crippen molar-refractivity contribution in [3.8, 4) is 0 Å². The maximum atomic E-state index is 5.56. The molecule has 0 aliphatic rings. The maximum absolute atomic E-state index is 5.56. The molecule has 0 aliphatic heterocycles. The highest BCUT2D eigenvalue weighted by atomic mass is 35.5. The standard InChI is InChI=1S/C9H15ClN2S/c1-8-12-9(7-13-8)6-11-5-3-2-4-10/h7,11H,2-6H2,1H3. The molecule has 0 saturated carbocycles. The average Bonchev–Trinajstić information content (AvgIpc) is 2.51. The SMILES string of the molecule is Cc1nc(CNCCCCCl)cs1. The highest BCUT2D eigenvalue weighted by Gasteiger charge is 1.96. The number of nitrogens with one attached hydrogen (secondary N) is 1. The molecular weight excluding hydrogens is 204 g/mol. The summed E-state index contributed by atoms with van der Waals surface area (Å²) in [7, 11) is 0. The van der Waals surface area contributed by atoms with Gasteiger partial charge < -0.3 is 5.32 Å². The van der Waals surface area contributed by atoms with Crippen LogP contribution in [-0.4, -0.2) is 17.4 Å². The number of hydrogen-bond donors (Lipinski definition) is 1. The molecule has 1 heterocycles. The van der Waals surface area contributed by atoms with Crippen molar-refractivity contribution in [2.75, 3.05) is 12.4 Å². The summed E-state index contributed by atoms with van der Waals surface area (Å²) in [6.45, 7) is 3.94. The van der Waals surface area contributed by atoms with Gasteiger partial charge in [0.05, 0.1) is 10.7 Å². The third-order valence-electron chi connectivity index (χ3n) is 1.71. The highest BCUT2D eigenvalue weighted by Crippen LogP contribution is 2.07. The summed E-state index contributed by atoms with van der Waals surface area (Å²) >= 11 is 7.26. The first-order valence-electron chi connectivity index (χ1n) is 4.50. The lowest BCUT2D eigenvalue weighted by Gasteiger charge is -2.00. The van der Waals surface area contributed by atoms with Crippen LogP contribution in [0.25, 0.3) is 0 Å². The summed E-state index contributed by atoms with van der Waals surface area (Å²) in [5, 5.41) is 6.57. The number of halogens is 1. The van der Waals surface area contributed by atoms with Gasteiger partial charge in [0.15, 0.2) is 0 Å². The van der Waals surface area contributed by atoms with E-state index in [4.69, 9.17) is 11.6 Å². The van der Waals surface area contributed by atoms with Gasteiger partial charge in [-0.3, -0.25) is 0 Å². The lowest BCUT2D eigenvalue weighted by Crippen LogP contribution is -2.14. The Hall–Kier alpha value is -0.120. The van der Waals surface area contributed by atoms with Crippen LogP contribution in [0.15, 0.2) is 5.38 Å². The van der Waals surface area contributed by atoms with E-state index >= 15 is 0 Å². The van der Waals surface area contributed by atoms with Gasteiger partial charge in [0.1, 0.15) is 0 Å². The van der Waals surface area contributed by atoms with Crippen molar-refractivity contribution in [1.82, 2.24) is 10.3 Å². The largest absolute Gasteiger partial charge is 0.311 e. The molecule has 0 saturated heterocycles. The molecule has 0 aliphatic carbocycles. The molecule has 1 rings (SSSR count). The minimum absolute atomic E-state index is 0.761. The number of aromatic nitrogens is 1. The van der Waals surface area contributed by atoms with Crippen molar-refractivity contribution in [2.45, 2.75) is 26.3 Å². The third kappa shape index (κ3) is 4.60. The topological polar surface area (TPSA) is 24.9 Å². The molecule has 0 aromatic carbocycles. The molecule has 0 unspecified atom stereocenters. The Bertz CT molecular complexity index is 237. The molecule has 0 bridgehead atoms. The smallest absolute Gasteiger partial charge is 0.0897 e. The van der Waals surface area contributed by atoms with Crippen LogP contribution in [0.5, 0.6) is 0 Å². The Morgan fingerprint density at radius 1 is 1.54 bits per heavy atom. The number of hydrogen-bond acceptors (Lipinski definition) is 3. The summed E-state index contributed by atoms with van der Waals surface area (Å²) in [5.74, 6) is 0.761. The predicted octanol–water partition coefficient (Wildman–Crippen LogP) is 2.56. The average molecular weight is 219 g/mol. The van der Waals surface area contributed by atoms with Crippen LogP contribution in [0.2, 0.25) is 0 Å². The first-order chi connectivity index (χ1) is 6.33. The van der Waals surface area contributed by atoms with Crippen molar-refractivity contribution in [2.24, 2.45) is 0 Å². The van der Waals surface area contributed by atoms with Crippen LogP contribution in [0, 0.1) is 6.92 Å². The van der Waals surface area contributed by atoms with Crippen molar-refractivity contribution in [3.63, 3.8) is 0 Å². The molecule has 74 valence electrons. The second-order valence-corrected chi connectivity index (χ2v) is 4.37. The molecule has 0 spiro atoms. The Balaban J connectivity index is 2.06. The molecule has 0 fully saturated rings. The minimum Gasteiger partial charge on any atom is -0.311 e. The number of aryl methyl sites for hydroxylation is 1. The van der Waals surface area contributed by atoms with Gasteiger partial charge in [0, 0.05) is 17.8 Å². The number of thiazole rings is 1. The quantitative estimate of drug-likeness (QED) is 0.587. The first-order valence-corrected chi connectivity index (χ1v) is 5.92. The summed E-state index contributed by atoms with van der Waals surface area (Å²) in [6.07, 6.45) is 2.23. The Morgan fingerprint density at radius 3 is 3.00 bits per heavy atom. The lowest BCUT2D eigenvalue weighted by molar-refractivity contribution is 0.636. The van der Waals surface area contributed by atoms with Crippen LogP contribution in [0.3, 0.4) is 0 Å². The van der Waals surface area contributed by atoms with Crippen molar-refractivity contribution < 1.29 is 0 Å². The van der Waals surface area contributed by atoms with E-state index < -0.39 is 0 Å². The monoisotopic (exact) mass is 218 g/mol. The summed E-state index contributed by atoms with van der Waals surface area (Å²) in [4.78, 5) is 4.36. The summed E-state index contributed by atoms with van der Waals surface area (Å²) in [6, 6.07) is 0. The number of rotatable bonds is 6. The van der Waals surface area contributed by atoms with Gasteiger partial charge in [-0.05, 0) is 26.3 Å². The third-order valence-corrected chi connectivity index (χ3v) is 2.80. The fraction of sp³-hybridized carbons (Fsp3) is 0.667. The molecule has 0 amide bonds. The normalized spacial score (nSPS) is 10.6. The van der Waals surface area contributed by atoms with E-state index in [0.717, 1.165) is 42.5 Å². The molecule has 2 nitrogen and oxygen atoms in total. The van der Waals surface area contributed by atoms with E-state index in [1.54, 1.807) is 11.3 Å². The highest BCUT2D eigenvalue weighted by molar-refractivity contribution is 7.09. The lowest BCUT2D eigenvalue weighted by atomic mass is 10.3. The zero-order valence-electron chi connectivity index (χ0n) is 7.85. The molecule has 0 atom stereocenters. The van der Waals surface area contributed by atoms with Gasteiger partial charge in [0.25, 0.3) is 0 Å². The van der Waals surface area contributed by atoms with Gasteiger partial charge >= 0.3 is 0 Å². The maximum Gasteiger partial charge on any atom is 0.0897 e. The Labute approximate surface area is 88.3 Å². The van der Waals surface area contributed by atoms with Crippen molar-refractivity contribution >= 4 is 22.9 Å². The van der Waals surface area contributed by atoms with Crippen LogP contribution in [-0.2, 0) is 6.54 Å². The zero-order valence-corrected chi connectivity index (χ0v) is 9.42. The molecule has 13 heavy (non-hydrogen) atoms. The van der Waals surface area contributed by atoms with E-state index in [9.17, 15) is 0 Å². The number of unbranched alkanes of at least 4 members (excludes halogenated alkanes) is 1. The summed E-state index contributed by atoms with van der Waals surface area (Å²) in [5.41, 5.74) is 1.15. The van der Waals surface area contributed by atoms with Crippen LogP contribution in [0.1, 0.15) is 23.5 Å². The molecular formula is C9H15ClN2S. The van der Waals surface area contributed by atoms with Gasteiger partial charge in [-0.25, -0.2) is 4.98 Å². The van der Waals surface area contributed by atoms with E-state index in [0.29, 0.717) is 0 Å². The number of nitrogens with zero attached hydrogens (tertiary/aromatic N) is 1. The molecule has 0 radical (unpaired) electrons. The van der Waals surface area contributed by atoms with Gasteiger partial charge in [0.2, 0.25) is 0 Å². The molecule has 1 aromatic heterocycles. The second kappa shape index (κ2) is 6.35. The Morgan fingerprint density at radius 2 is 2.38 bits per heavy atom. The van der Waals surface area contributed by atoms with Gasteiger partial charge in [-0.1, -0.05) is 0 Å². The molecule has 1 N–H and O–H groups in total. The number of alkyl halides is 1. The minimum atomic E-state index is 0.761. The van der Waals surface area contributed by atoms with E-state index in [1.807, 2.05) is 6.92 Å². The van der Waals surface area contributed by atoms with Crippen molar-refractivity contribution in [3.05, 3.63) is 16.1 Å². The second-order valence-electron chi connectivity index (χ2n) is 2.93. The predicted molar refractivity (Wildman–Crippen MR) is 58.5 cm³/mol. The fourth-order valence-corrected chi connectivity index (χ4v) is 1.85. The molecule has 1 aromatic rings. The Kier molecular flexibility index (Phi) is 5.35. The van der Waals surface area contributed by atoms with E-state index in [-0.39, 0.29) is 0 Å². The van der Waals surface area contributed by atoms with Crippen LogP contribution < -0.4 is 5.32 Å². The zero-order chi connectivity index (χ0) is 9.52. The van der Waals surface area contributed by atoms with Gasteiger partial charge in [-0.2, -0.15) is 0 Å². The van der Waals surface area contributed by atoms with Crippen LogP contribution >= 0.6 is 22.9 Å². The van der Waals surface area contributed by atoms with E-state index in [2.05, 4.69) is 15.7 Å². The first kappa shape index (κ1) is 11.0. The summed E-state index contributed by atoms with van der Waals surface area (Å²) < 4.78 is 0. The molecule has 4 heteroatoms. The van der Waals surface area contributed by atoms with Gasteiger partial charge in [-0.15, -0.1) is 22.9 Å². The van der Waals surface area contributed by atoms with Crippen molar-refractivity contribution in [1.29, 1.82) is 0 Å².